The van der Waals surface area contributed by atoms with Gasteiger partial charge in [-0.3, -0.25) is 4.79 Å². The van der Waals surface area contributed by atoms with Crippen molar-refractivity contribution in [2.75, 3.05) is 5.32 Å². The third-order valence-electron chi connectivity index (χ3n) is 3.96. The topological polar surface area (TPSA) is 71.8 Å². The van der Waals surface area contributed by atoms with Crippen molar-refractivity contribution in [3.05, 3.63) is 70.8 Å². The summed E-state index contributed by atoms with van der Waals surface area (Å²) in [6.45, 7) is 0.902. The molecule has 4 rings (SSSR count). The van der Waals surface area contributed by atoms with Crippen LogP contribution in [0.3, 0.4) is 0 Å². The van der Waals surface area contributed by atoms with Crippen molar-refractivity contribution in [3.8, 4) is 5.69 Å². The summed E-state index contributed by atoms with van der Waals surface area (Å²) < 4.78 is 1.77. The number of carbonyl (C=O) groups excluding carboxylic acids is 1. The number of hydrogen-bond acceptors (Lipinski definition) is 4. The lowest BCUT2D eigenvalue weighted by Gasteiger charge is -2.11. The summed E-state index contributed by atoms with van der Waals surface area (Å²) >= 11 is 6.17. The number of anilines is 1. The van der Waals surface area contributed by atoms with E-state index in [-0.39, 0.29) is 5.91 Å². The largest absolute Gasteiger partial charge is 0.377 e. The molecule has 0 unspecified atom stereocenters. The standard InChI is InChI=1S/C17H14ClN5O/c18-13-6-7-14(16-12(13)8-20-17(16)24)19-9-15-21-10-22-23(15)11-4-2-1-3-5-11/h1-7,10,19H,8-9H2,(H,20,24). The van der Waals surface area contributed by atoms with Crippen molar-refractivity contribution in [2.24, 2.45) is 0 Å². The fourth-order valence-corrected chi connectivity index (χ4v) is 3.03. The number of fused-ring (bicyclic) bond motifs is 1. The van der Waals surface area contributed by atoms with Crippen LogP contribution >= 0.6 is 11.6 Å². The van der Waals surface area contributed by atoms with Crippen LogP contribution in [0.25, 0.3) is 5.69 Å². The molecule has 0 fully saturated rings. The van der Waals surface area contributed by atoms with Crippen molar-refractivity contribution in [2.45, 2.75) is 13.1 Å². The lowest BCUT2D eigenvalue weighted by atomic mass is 10.1. The maximum atomic E-state index is 12.0. The van der Waals surface area contributed by atoms with E-state index in [0.717, 1.165) is 22.8 Å². The van der Waals surface area contributed by atoms with Crippen LogP contribution in [0.2, 0.25) is 5.02 Å². The van der Waals surface area contributed by atoms with Crippen LogP contribution in [0.1, 0.15) is 21.7 Å². The number of carbonyl (C=O) groups is 1. The number of amides is 1. The molecule has 0 atom stereocenters. The Morgan fingerprint density at radius 1 is 1.21 bits per heavy atom. The number of nitrogens with one attached hydrogen (secondary N) is 2. The number of rotatable bonds is 4. The van der Waals surface area contributed by atoms with Crippen LogP contribution < -0.4 is 10.6 Å². The van der Waals surface area contributed by atoms with Gasteiger partial charge in [0.25, 0.3) is 5.91 Å². The van der Waals surface area contributed by atoms with Gasteiger partial charge in [-0.2, -0.15) is 5.10 Å². The Morgan fingerprint density at radius 3 is 2.88 bits per heavy atom. The smallest absolute Gasteiger partial charge is 0.254 e. The molecule has 7 heteroatoms. The number of aromatic nitrogens is 3. The molecule has 0 aliphatic carbocycles. The zero-order valence-corrected chi connectivity index (χ0v) is 13.4. The van der Waals surface area contributed by atoms with Gasteiger partial charge in [-0.1, -0.05) is 29.8 Å². The lowest BCUT2D eigenvalue weighted by Crippen LogP contribution is -2.15. The highest BCUT2D eigenvalue weighted by Gasteiger charge is 2.25. The van der Waals surface area contributed by atoms with Gasteiger partial charge < -0.3 is 10.6 Å². The molecular weight excluding hydrogens is 326 g/mol. The molecule has 2 N–H and O–H groups in total. The van der Waals surface area contributed by atoms with Gasteiger partial charge in [0.05, 0.1) is 17.8 Å². The van der Waals surface area contributed by atoms with Gasteiger partial charge >= 0.3 is 0 Å². The Balaban J connectivity index is 1.61. The quantitative estimate of drug-likeness (QED) is 0.766. The summed E-state index contributed by atoms with van der Waals surface area (Å²) in [5.41, 5.74) is 3.11. The summed E-state index contributed by atoms with van der Waals surface area (Å²) in [7, 11) is 0. The van der Waals surface area contributed by atoms with Crippen LogP contribution in [0, 0.1) is 0 Å². The molecule has 2 heterocycles. The average Bonchev–Trinajstić information content (AvgIpc) is 3.23. The number of nitrogens with zero attached hydrogens (tertiary/aromatic N) is 3. The van der Waals surface area contributed by atoms with Crippen LogP contribution in [-0.2, 0) is 13.1 Å². The number of para-hydroxylation sites is 1. The van der Waals surface area contributed by atoms with Gasteiger partial charge in [-0.05, 0) is 24.3 Å². The van der Waals surface area contributed by atoms with Crippen LogP contribution in [0.15, 0.2) is 48.8 Å². The molecule has 24 heavy (non-hydrogen) atoms. The van der Waals surface area contributed by atoms with Crippen LogP contribution in [-0.4, -0.2) is 20.7 Å². The summed E-state index contributed by atoms with van der Waals surface area (Å²) in [5.74, 6) is 0.642. The lowest BCUT2D eigenvalue weighted by molar-refractivity contribution is 0.0966. The summed E-state index contributed by atoms with van der Waals surface area (Å²) in [6.07, 6.45) is 1.52. The van der Waals surface area contributed by atoms with E-state index in [1.165, 1.54) is 6.33 Å². The second-order valence-corrected chi connectivity index (χ2v) is 5.82. The molecule has 0 spiro atoms. The van der Waals surface area contributed by atoms with E-state index in [1.54, 1.807) is 10.7 Å². The Morgan fingerprint density at radius 2 is 2.04 bits per heavy atom. The van der Waals surface area contributed by atoms with Crippen molar-refractivity contribution in [1.82, 2.24) is 20.1 Å². The number of benzene rings is 2. The van der Waals surface area contributed by atoms with Gasteiger partial charge in [0.2, 0.25) is 0 Å². The van der Waals surface area contributed by atoms with E-state index < -0.39 is 0 Å². The van der Waals surface area contributed by atoms with Crippen LogP contribution in [0.4, 0.5) is 5.69 Å². The monoisotopic (exact) mass is 339 g/mol. The first-order valence-corrected chi connectivity index (χ1v) is 7.89. The van der Waals surface area contributed by atoms with Gasteiger partial charge in [0, 0.05) is 22.8 Å². The predicted molar refractivity (Wildman–Crippen MR) is 91.3 cm³/mol. The van der Waals surface area contributed by atoms with Gasteiger partial charge in [0.1, 0.15) is 6.33 Å². The van der Waals surface area contributed by atoms with E-state index in [4.69, 9.17) is 11.6 Å². The molecule has 2 aromatic carbocycles. The van der Waals surface area contributed by atoms with Crippen molar-refractivity contribution in [1.29, 1.82) is 0 Å². The van der Waals surface area contributed by atoms with E-state index >= 15 is 0 Å². The van der Waals surface area contributed by atoms with Crippen LogP contribution in [0.5, 0.6) is 0 Å². The Hall–Kier alpha value is -2.86. The normalized spacial score (nSPS) is 12.8. The Kier molecular flexibility index (Phi) is 3.66. The minimum Gasteiger partial charge on any atom is -0.377 e. The molecular formula is C17H14ClN5O. The minimum absolute atomic E-state index is 0.112. The predicted octanol–water partition coefficient (Wildman–Crippen LogP) is 2.78. The Bertz CT molecular complexity index is 907. The molecule has 0 saturated carbocycles. The fraction of sp³-hybridized carbons (Fsp3) is 0.118. The molecule has 0 bridgehead atoms. The molecule has 0 saturated heterocycles. The zero-order valence-electron chi connectivity index (χ0n) is 12.7. The highest BCUT2D eigenvalue weighted by molar-refractivity contribution is 6.32. The van der Waals surface area contributed by atoms with Crippen molar-refractivity contribution in [3.63, 3.8) is 0 Å². The number of hydrogen-bond donors (Lipinski definition) is 2. The van der Waals surface area contributed by atoms with E-state index in [2.05, 4.69) is 20.7 Å². The van der Waals surface area contributed by atoms with Gasteiger partial charge in [-0.15, -0.1) is 0 Å². The molecule has 1 aromatic heterocycles. The molecule has 0 radical (unpaired) electrons. The second-order valence-electron chi connectivity index (χ2n) is 5.41. The summed E-state index contributed by atoms with van der Waals surface area (Å²) in [6, 6.07) is 13.4. The maximum Gasteiger partial charge on any atom is 0.254 e. The highest BCUT2D eigenvalue weighted by atomic mass is 35.5. The maximum absolute atomic E-state index is 12.0. The average molecular weight is 340 g/mol. The Labute approximate surface area is 143 Å². The molecule has 1 aliphatic rings. The molecule has 1 aliphatic heterocycles. The van der Waals surface area contributed by atoms with Crippen molar-refractivity contribution >= 4 is 23.2 Å². The first-order valence-electron chi connectivity index (χ1n) is 7.52. The fourth-order valence-electron chi connectivity index (χ4n) is 2.80. The van der Waals surface area contributed by atoms with Crippen molar-refractivity contribution < 1.29 is 4.79 Å². The van der Waals surface area contributed by atoms with Gasteiger partial charge in [-0.25, -0.2) is 9.67 Å². The zero-order chi connectivity index (χ0) is 16.5. The summed E-state index contributed by atoms with van der Waals surface area (Å²) in [4.78, 5) is 16.3. The highest BCUT2D eigenvalue weighted by Crippen LogP contribution is 2.30. The van der Waals surface area contributed by atoms with E-state index in [1.807, 2.05) is 36.4 Å². The molecule has 6 nitrogen and oxygen atoms in total. The first kappa shape index (κ1) is 14.7. The minimum atomic E-state index is -0.112. The second kappa shape index (κ2) is 5.98. The summed E-state index contributed by atoms with van der Waals surface area (Å²) in [5, 5.41) is 10.9. The molecule has 1 amide bonds. The molecule has 120 valence electrons. The van der Waals surface area contributed by atoms with E-state index in [0.29, 0.717) is 23.7 Å². The van der Waals surface area contributed by atoms with E-state index in [9.17, 15) is 4.79 Å². The SMILES string of the molecule is O=C1NCc2c(Cl)ccc(NCc3ncnn3-c3ccccc3)c21. The first-order chi connectivity index (χ1) is 11.7. The molecule has 3 aromatic rings. The third kappa shape index (κ3) is 2.51. The number of halogens is 1. The third-order valence-corrected chi connectivity index (χ3v) is 4.32. The van der Waals surface area contributed by atoms with Gasteiger partial charge in [0.15, 0.2) is 5.82 Å².